The summed E-state index contributed by atoms with van der Waals surface area (Å²) in [5, 5.41) is 5.02. The minimum Gasteiger partial charge on any atom is -0.381 e. The molecule has 3 N–H and O–H groups in total. The molecule has 2 rings (SSSR count). The van der Waals surface area contributed by atoms with E-state index in [1.807, 2.05) is 0 Å². The molecule has 1 aromatic rings. The molecule has 18 heavy (non-hydrogen) atoms. The van der Waals surface area contributed by atoms with E-state index in [0.29, 0.717) is 32.6 Å². The summed E-state index contributed by atoms with van der Waals surface area (Å²) in [5.74, 6) is -0.0544. The summed E-state index contributed by atoms with van der Waals surface area (Å²) in [5.41, 5.74) is 6.68. The van der Waals surface area contributed by atoms with Gasteiger partial charge in [0.25, 0.3) is 0 Å². The average molecular weight is 268 g/mol. The lowest BCUT2D eigenvalue weighted by Crippen LogP contribution is -2.56. The molecule has 5 heteroatoms. The largest absolute Gasteiger partial charge is 0.381 e. The van der Waals surface area contributed by atoms with E-state index in [4.69, 9.17) is 10.5 Å². The minimum atomic E-state index is -0.748. The second-order valence-electron chi connectivity index (χ2n) is 4.67. The molecule has 0 bridgehead atoms. The molecular weight excluding hydrogens is 248 g/mol. The zero-order valence-electron chi connectivity index (χ0n) is 10.7. The molecule has 0 atom stereocenters. The Bertz CT molecular complexity index is 411. The number of thiophene rings is 1. The maximum atomic E-state index is 12.1. The van der Waals surface area contributed by atoms with E-state index in [0.717, 1.165) is 6.42 Å². The highest BCUT2D eigenvalue weighted by Crippen LogP contribution is 2.20. The molecule has 1 aliphatic rings. The van der Waals surface area contributed by atoms with E-state index >= 15 is 0 Å². The highest BCUT2D eigenvalue weighted by atomic mass is 32.1. The van der Waals surface area contributed by atoms with E-state index in [1.54, 1.807) is 11.3 Å². The first-order valence-corrected chi connectivity index (χ1v) is 7.24. The molecule has 0 aliphatic carbocycles. The molecule has 1 fully saturated rings. The number of hydrogen-bond donors (Lipinski definition) is 2. The van der Waals surface area contributed by atoms with Gasteiger partial charge < -0.3 is 15.8 Å². The summed E-state index contributed by atoms with van der Waals surface area (Å²) < 4.78 is 5.24. The van der Waals surface area contributed by atoms with Gasteiger partial charge in [0, 0.05) is 18.1 Å². The fraction of sp³-hybridized carbons (Fsp3) is 0.615. The summed E-state index contributed by atoms with van der Waals surface area (Å²) in [6.07, 6.45) is 2.20. The Morgan fingerprint density at radius 3 is 2.94 bits per heavy atom. The molecule has 0 aromatic carbocycles. The predicted octanol–water partition coefficient (Wildman–Crippen LogP) is 1.43. The van der Waals surface area contributed by atoms with Gasteiger partial charge in [0.1, 0.15) is 0 Å². The number of nitrogens with one attached hydrogen (secondary N) is 1. The van der Waals surface area contributed by atoms with Crippen LogP contribution in [-0.2, 0) is 22.5 Å². The first-order valence-electron chi connectivity index (χ1n) is 6.36. The second-order valence-corrected chi connectivity index (χ2v) is 5.67. The van der Waals surface area contributed by atoms with Gasteiger partial charge in [0.2, 0.25) is 5.91 Å². The Hall–Kier alpha value is -0.910. The quantitative estimate of drug-likeness (QED) is 0.868. The van der Waals surface area contributed by atoms with Crippen molar-refractivity contribution in [3.63, 3.8) is 0 Å². The normalized spacial score (nSPS) is 18.6. The topological polar surface area (TPSA) is 64.4 Å². The Labute approximate surface area is 112 Å². The summed E-state index contributed by atoms with van der Waals surface area (Å²) in [7, 11) is 0. The van der Waals surface area contributed by atoms with Crippen molar-refractivity contribution in [2.75, 3.05) is 13.2 Å². The maximum absolute atomic E-state index is 12.1. The van der Waals surface area contributed by atoms with Gasteiger partial charge in [-0.05, 0) is 36.3 Å². The van der Waals surface area contributed by atoms with E-state index in [1.165, 1.54) is 10.4 Å². The SMILES string of the molecule is CCc1ccsc1CNC(=O)C1(N)CCOCC1. The van der Waals surface area contributed by atoms with Crippen LogP contribution in [0.3, 0.4) is 0 Å². The molecule has 2 heterocycles. The number of nitrogens with two attached hydrogens (primary N) is 1. The smallest absolute Gasteiger partial charge is 0.240 e. The van der Waals surface area contributed by atoms with Gasteiger partial charge in [0.15, 0.2) is 0 Å². The molecule has 100 valence electrons. The van der Waals surface area contributed by atoms with Crippen molar-refractivity contribution in [2.45, 2.75) is 38.3 Å². The first-order chi connectivity index (χ1) is 8.65. The van der Waals surface area contributed by atoms with Crippen molar-refractivity contribution in [1.29, 1.82) is 0 Å². The first kappa shape index (κ1) is 13.5. The van der Waals surface area contributed by atoms with Crippen molar-refractivity contribution in [3.8, 4) is 0 Å². The van der Waals surface area contributed by atoms with Crippen molar-refractivity contribution in [2.24, 2.45) is 5.73 Å². The number of carbonyl (C=O) groups excluding carboxylic acids is 1. The van der Waals surface area contributed by atoms with E-state index in [-0.39, 0.29) is 5.91 Å². The van der Waals surface area contributed by atoms with Crippen molar-refractivity contribution < 1.29 is 9.53 Å². The van der Waals surface area contributed by atoms with Crippen molar-refractivity contribution in [3.05, 3.63) is 21.9 Å². The molecule has 0 unspecified atom stereocenters. The third-order valence-corrected chi connectivity index (χ3v) is 4.43. The molecule has 0 saturated carbocycles. The predicted molar refractivity (Wildman–Crippen MR) is 72.5 cm³/mol. The molecule has 1 aromatic heterocycles. The number of amides is 1. The highest BCUT2D eigenvalue weighted by molar-refractivity contribution is 7.10. The van der Waals surface area contributed by atoms with Crippen LogP contribution in [-0.4, -0.2) is 24.7 Å². The lowest BCUT2D eigenvalue weighted by Gasteiger charge is -2.31. The van der Waals surface area contributed by atoms with Gasteiger partial charge in [-0.3, -0.25) is 4.79 Å². The Morgan fingerprint density at radius 2 is 2.28 bits per heavy atom. The summed E-state index contributed by atoms with van der Waals surface area (Å²) in [4.78, 5) is 13.4. The number of rotatable bonds is 4. The molecule has 0 radical (unpaired) electrons. The molecule has 1 saturated heterocycles. The maximum Gasteiger partial charge on any atom is 0.240 e. The summed E-state index contributed by atoms with van der Waals surface area (Å²) >= 11 is 1.68. The molecule has 4 nitrogen and oxygen atoms in total. The highest BCUT2D eigenvalue weighted by Gasteiger charge is 2.35. The number of carbonyl (C=O) groups is 1. The van der Waals surface area contributed by atoms with Gasteiger partial charge >= 0.3 is 0 Å². The monoisotopic (exact) mass is 268 g/mol. The Morgan fingerprint density at radius 1 is 1.56 bits per heavy atom. The van der Waals surface area contributed by atoms with Crippen molar-refractivity contribution in [1.82, 2.24) is 5.32 Å². The van der Waals surface area contributed by atoms with Crippen LogP contribution in [0.1, 0.15) is 30.2 Å². The van der Waals surface area contributed by atoms with E-state index in [2.05, 4.69) is 23.7 Å². The summed E-state index contributed by atoms with van der Waals surface area (Å²) in [6, 6.07) is 2.11. The van der Waals surface area contributed by atoms with Crippen molar-refractivity contribution >= 4 is 17.2 Å². The Balaban J connectivity index is 1.91. The molecule has 1 amide bonds. The van der Waals surface area contributed by atoms with E-state index in [9.17, 15) is 4.79 Å². The minimum absolute atomic E-state index is 0.0544. The lowest BCUT2D eigenvalue weighted by molar-refractivity contribution is -0.129. The van der Waals surface area contributed by atoms with Crippen LogP contribution < -0.4 is 11.1 Å². The average Bonchev–Trinajstić information content (AvgIpc) is 2.84. The van der Waals surface area contributed by atoms with Gasteiger partial charge in [-0.25, -0.2) is 0 Å². The van der Waals surface area contributed by atoms with Gasteiger partial charge in [-0.15, -0.1) is 11.3 Å². The fourth-order valence-electron chi connectivity index (χ4n) is 2.14. The number of ether oxygens (including phenoxy) is 1. The van der Waals surface area contributed by atoms with Crippen LogP contribution in [0.25, 0.3) is 0 Å². The third kappa shape index (κ3) is 2.91. The molecular formula is C13H20N2O2S. The van der Waals surface area contributed by atoms with Crippen LogP contribution in [0, 0.1) is 0 Å². The van der Waals surface area contributed by atoms with Gasteiger partial charge in [-0.1, -0.05) is 6.92 Å². The number of aryl methyl sites for hydroxylation is 1. The van der Waals surface area contributed by atoms with E-state index < -0.39 is 5.54 Å². The van der Waals surface area contributed by atoms with Crippen LogP contribution in [0.2, 0.25) is 0 Å². The fourth-order valence-corrected chi connectivity index (χ4v) is 3.05. The van der Waals surface area contributed by atoms with Crippen LogP contribution >= 0.6 is 11.3 Å². The molecule has 1 aliphatic heterocycles. The third-order valence-electron chi connectivity index (χ3n) is 3.47. The van der Waals surface area contributed by atoms with Crippen LogP contribution in [0.4, 0.5) is 0 Å². The second kappa shape index (κ2) is 5.82. The van der Waals surface area contributed by atoms with Crippen LogP contribution in [0.15, 0.2) is 11.4 Å². The standard InChI is InChI=1S/C13H20N2O2S/c1-2-10-3-8-18-11(10)9-15-12(16)13(14)4-6-17-7-5-13/h3,8H,2,4-7,9,14H2,1H3,(H,15,16). The van der Waals surface area contributed by atoms with Gasteiger partial charge in [-0.2, -0.15) is 0 Å². The Kier molecular flexibility index (Phi) is 4.37. The van der Waals surface area contributed by atoms with Crippen LogP contribution in [0.5, 0.6) is 0 Å². The van der Waals surface area contributed by atoms with Gasteiger partial charge in [0.05, 0.1) is 12.1 Å². The molecule has 0 spiro atoms. The lowest BCUT2D eigenvalue weighted by atomic mass is 9.90. The summed E-state index contributed by atoms with van der Waals surface area (Å²) in [6.45, 7) is 3.85. The zero-order chi connectivity index (χ0) is 13.0. The zero-order valence-corrected chi connectivity index (χ0v) is 11.5. The number of hydrogen-bond acceptors (Lipinski definition) is 4.